The predicted molar refractivity (Wildman–Crippen MR) is 112 cm³/mol. The molecule has 5 fully saturated rings. The number of hydrogen-bond acceptors (Lipinski definition) is 2. The van der Waals surface area contributed by atoms with Gasteiger partial charge in [0.05, 0.1) is 5.41 Å². The van der Waals surface area contributed by atoms with Gasteiger partial charge in [-0.3, -0.25) is 9.59 Å². The largest absolute Gasteiger partial charge is 0.340 e. The predicted octanol–water partition coefficient (Wildman–Crippen LogP) is 4.34. The first-order valence-corrected chi connectivity index (χ1v) is 11.7. The number of amides is 2. The van der Waals surface area contributed by atoms with Gasteiger partial charge in [-0.1, -0.05) is 22.0 Å². The Morgan fingerprint density at radius 1 is 0.893 bits per heavy atom. The summed E-state index contributed by atoms with van der Waals surface area (Å²) in [5.41, 5.74) is 0.647. The van der Waals surface area contributed by atoms with Crippen LogP contribution in [0.1, 0.15) is 55.3 Å². The van der Waals surface area contributed by atoms with Crippen molar-refractivity contribution in [3.05, 3.63) is 34.3 Å². The molecular weight excluding hydrogens is 416 g/mol. The molecule has 1 aliphatic heterocycles. The van der Waals surface area contributed by atoms with Crippen molar-refractivity contribution in [1.29, 1.82) is 0 Å². The quantitative estimate of drug-likeness (QED) is 0.680. The SMILES string of the molecule is O=C(c1cccc(Br)c1)N1CCCN(C(=O)C23CC4CC(CC(C4)C2)C3)CC1. The van der Waals surface area contributed by atoms with Gasteiger partial charge in [-0.15, -0.1) is 0 Å². The Morgan fingerprint density at radius 2 is 1.50 bits per heavy atom. The van der Waals surface area contributed by atoms with E-state index in [-0.39, 0.29) is 11.3 Å². The van der Waals surface area contributed by atoms with E-state index < -0.39 is 0 Å². The first-order chi connectivity index (χ1) is 13.5. The van der Waals surface area contributed by atoms with Gasteiger partial charge in [0.15, 0.2) is 0 Å². The Bertz CT molecular complexity index is 757. The van der Waals surface area contributed by atoms with Crippen molar-refractivity contribution in [2.45, 2.75) is 44.9 Å². The smallest absolute Gasteiger partial charge is 0.253 e. The molecule has 4 nitrogen and oxygen atoms in total. The fraction of sp³-hybridized carbons (Fsp3) is 0.652. The maximum absolute atomic E-state index is 13.6. The topological polar surface area (TPSA) is 40.6 Å². The number of halogens is 1. The number of carbonyl (C=O) groups is 2. The molecule has 5 heteroatoms. The second-order valence-electron chi connectivity index (χ2n) is 9.65. The molecule has 0 atom stereocenters. The summed E-state index contributed by atoms with van der Waals surface area (Å²) < 4.78 is 0.923. The molecule has 150 valence electrons. The molecule has 0 spiro atoms. The number of rotatable bonds is 2. The maximum atomic E-state index is 13.6. The van der Waals surface area contributed by atoms with Crippen molar-refractivity contribution in [3.8, 4) is 0 Å². The standard InChI is InChI=1S/C23H29BrN2O2/c24-20-4-1-3-19(12-20)21(27)25-5-2-6-26(8-7-25)22(28)23-13-16-9-17(14-23)11-18(10-16)15-23/h1,3-4,12,16-18H,2,5-11,13-15H2. The van der Waals surface area contributed by atoms with Crippen molar-refractivity contribution in [1.82, 2.24) is 9.80 Å². The molecule has 1 saturated heterocycles. The van der Waals surface area contributed by atoms with Crippen molar-refractivity contribution >= 4 is 27.7 Å². The molecule has 0 radical (unpaired) electrons. The van der Waals surface area contributed by atoms with Crippen LogP contribution in [0.4, 0.5) is 0 Å². The van der Waals surface area contributed by atoms with Crippen molar-refractivity contribution in [2.75, 3.05) is 26.2 Å². The molecule has 1 aromatic rings. The van der Waals surface area contributed by atoms with Gasteiger partial charge in [0.2, 0.25) is 5.91 Å². The van der Waals surface area contributed by atoms with E-state index in [4.69, 9.17) is 0 Å². The molecule has 0 aromatic heterocycles. The highest BCUT2D eigenvalue weighted by atomic mass is 79.9. The summed E-state index contributed by atoms with van der Waals surface area (Å²) in [7, 11) is 0. The van der Waals surface area contributed by atoms with Gasteiger partial charge in [-0.25, -0.2) is 0 Å². The van der Waals surface area contributed by atoms with Crippen LogP contribution in [0.5, 0.6) is 0 Å². The van der Waals surface area contributed by atoms with Gasteiger partial charge in [0, 0.05) is 36.2 Å². The monoisotopic (exact) mass is 444 g/mol. The van der Waals surface area contributed by atoms with Gasteiger partial charge in [-0.05, 0) is 80.9 Å². The van der Waals surface area contributed by atoms with Crippen LogP contribution >= 0.6 is 15.9 Å². The summed E-state index contributed by atoms with van der Waals surface area (Å²) in [6, 6.07) is 7.59. The van der Waals surface area contributed by atoms with Crippen LogP contribution in [-0.4, -0.2) is 47.8 Å². The highest BCUT2D eigenvalue weighted by Crippen LogP contribution is 2.60. The summed E-state index contributed by atoms with van der Waals surface area (Å²) in [6.45, 7) is 2.85. The Labute approximate surface area is 175 Å². The van der Waals surface area contributed by atoms with E-state index in [1.165, 1.54) is 19.3 Å². The molecule has 4 bridgehead atoms. The van der Waals surface area contributed by atoms with E-state index in [9.17, 15) is 9.59 Å². The third-order valence-corrected chi connectivity index (χ3v) is 8.13. The highest BCUT2D eigenvalue weighted by Gasteiger charge is 2.55. The average molecular weight is 445 g/mol. The fourth-order valence-electron chi connectivity index (χ4n) is 6.84. The number of benzene rings is 1. The van der Waals surface area contributed by atoms with Crippen LogP contribution in [0.2, 0.25) is 0 Å². The zero-order valence-electron chi connectivity index (χ0n) is 16.4. The molecule has 6 rings (SSSR count). The lowest BCUT2D eigenvalue weighted by molar-refractivity contribution is -0.157. The average Bonchev–Trinajstić information content (AvgIpc) is 2.92. The second-order valence-corrected chi connectivity index (χ2v) is 10.6. The van der Waals surface area contributed by atoms with Gasteiger partial charge < -0.3 is 9.80 Å². The van der Waals surface area contributed by atoms with Crippen molar-refractivity contribution in [2.24, 2.45) is 23.2 Å². The minimum absolute atomic E-state index is 0.0712. The first kappa shape index (κ1) is 18.7. The maximum Gasteiger partial charge on any atom is 0.253 e. The van der Waals surface area contributed by atoms with Gasteiger partial charge >= 0.3 is 0 Å². The lowest BCUT2D eigenvalue weighted by Crippen LogP contribution is -2.55. The Hall–Kier alpha value is -1.36. The molecule has 4 aliphatic carbocycles. The van der Waals surface area contributed by atoms with Gasteiger partial charge in [0.1, 0.15) is 0 Å². The third-order valence-electron chi connectivity index (χ3n) is 7.63. The molecular formula is C23H29BrN2O2. The highest BCUT2D eigenvalue weighted by molar-refractivity contribution is 9.10. The molecule has 2 amide bonds. The fourth-order valence-corrected chi connectivity index (χ4v) is 7.23. The zero-order valence-corrected chi connectivity index (χ0v) is 18.0. The molecule has 0 unspecified atom stereocenters. The lowest BCUT2D eigenvalue weighted by atomic mass is 9.49. The summed E-state index contributed by atoms with van der Waals surface area (Å²) in [5, 5.41) is 0. The normalized spacial score (nSPS) is 34.4. The lowest BCUT2D eigenvalue weighted by Gasteiger charge is -2.56. The van der Waals surface area contributed by atoms with Crippen LogP contribution in [0.25, 0.3) is 0 Å². The zero-order chi connectivity index (χ0) is 19.3. The van der Waals surface area contributed by atoms with Crippen LogP contribution in [0.3, 0.4) is 0 Å². The number of nitrogens with zero attached hydrogens (tertiary/aromatic N) is 2. The van der Waals surface area contributed by atoms with E-state index in [1.807, 2.05) is 29.2 Å². The summed E-state index contributed by atoms with van der Waals surface area (Å²) >= 11 is 3.45. The summed E-state index contributed by atoms with van der Waals surface area (Å²) in [4.78, 5) is 30.5. The van der Waals surface area contributed by atoms with E-state index in [0.29, 0.717) is 19.0 Å². The van der Waals surface area contributed by atoms with Gasteiger partial charge in [0.25, 0.3) is 5.91 Å². The number of hydrogen-bond donors (Lipinski definition) is 0. The van der Waals surface area contributed by atoms with Crippen molar-refractivity contribution < 1.29 is 9.59 Å². The van der Waals surface area contributed by atoms with Crippen LogP contribution in [0.15, 0.2) is 28.7 Å². The summed E-state index contributed by atoms with van der Waals surface area (Å²) in [5.74, 6) is 2.85. The Kier molecular flexibility index (Phi) is 4.77. The summed E-state index contributed by atoms with van der Waals surface area (Å²) in [6.07, 6.45) is 8.32. The molecule has 1 heterocycles. The Balaban J connectivity index is 1.27. The molecule has 5 aliphatic rings. The number of carbonyl (C=O) groups excluding carboxylic acids is 2. The van der Waals surface area contributed by atoms with Crippen molar-refractivity contribution in [3.63, 3.8) is 0 Å². The minimum Gasteiger partial charge on any atom is -0.340 e. The van der Waals surface area contributed by atoms with Crippen LogP contribution in [0, 0.1) is 23.2 Å². The molecule has 0 N–H and O–H groups in total. The second kappa shape index (κ2) is 7.16. The van der Waals surface area contributed by atoms with Crippen LogP contribution in [-0.2, 0) is 4.79 Å². The van der Waals surface area contributed by atoms with E-state index in [2.05, 4.69) is 20.8 Å². The van der Waals surface area contributed by atoms with Crippen LogP contribution < -0.4 is 0 Å². The van der Waals surface area contributed by atoms with E-state index >= 15 is 0 Å². The molecule has 4 saturated carbocycles. The molecule has 1 aromatic carbocycles. The molecule has 28 heavy (non-hydrogen) atoms. The Morgan fingerprint density at radius 3 is 2.14 bits per heavy atom. The van der Waals surface area contributed by atoms with E-state index in [1.54, 1.807) is 0 Å². The minimum atomic E-state index is -0.0712. The first-order valence-electron chi connectivity index (χ1n) is 10.9. The van der Waals surface area contributed by atoms with E-state index in [0.717, 1.165) is 66.6 Å². The third kappa shape index (κ3) is 3.30. The van der Waals surface area contributed by atoms with Gasteiger partial charge in [-0.2, -0.15) is 0 Å².